The third kappa shape index (κ3) is 6.77. The number of hydrogen-bond acceptors (Lipinski definition) is 3. The molecule has 0 saturated heterocycles. The van der Waals surface area contributed by atoms with Gasteiger partial charge in [0.05, 0.1) is 5.56 Å². The standard InChI is InChI=1S/C14H20F3NO2/c1-2-19-9-4-7-18-8-10-20-13-6-3-5-12(11-13)14(15,16)17/h3,5-6,11,18H,2,4,7-10H2,1H3. The van der Waals surface area contributed by atoms with Crippen LogP contribution in [0.3, 0.4) is 0 Å². The van der Waals surface area contributed by atoms with Gasteiger partial charge >= 0.3 is 6.18 Å². The van der Waals surface area contributed by atoms with Gasteiger partial charge in [0, 0.05) is 19.8 Å². The van der Waals surface area contributed by atoms with Crippen LogP contribution in [0.1, 0.15) is 18.9 Å². The van der Waals surface area contributed by atoms with Gasteiger partial charge in [0.1, 0.15) is 12.4 Å². The van der Waals surface area contributed by atoms with Crippen LogP contribution < -0.4 is 10.1 Å². The normalized spacial score (nSPS) is 11.6. The van der Waals surface area contributed by atoms with Gasteiger partial charge in [0.2, 0.25) is 0 Å². The van der Waals surface area contributed by atoms with Crippen molar-refractivity contribution >= 4 is 0 Å². The molecule has 0 aromatic heterocycles. The summed E-state index contributed by atoms with van der Waals surface area (Å²) in [4.78, 5) is 0. The predicted octanol–water partition coefficient (Wildman–Crippen LogP) is 3.10. The summed E-state index contributed by atoms with van der Waals surface area (Å²) in [6.07, 6.45) is -3.44. The van der Waals surface area contributed by atoms with E-state index in [9.17, 15) is 13.2 Å². The lowest BCUT2D eigenvalue weighted by Gasteiger charge is -2.10. The lowest BCUT2D eigenvalue weighted by atomic mass is 10.2. The van der Waals surface area contributed by atoms with Gasteiger partial charge in [-0.15, -0.1) is 0 Å². The number of ether oxygens (including phenoxy) is 2. The summed E-state index contributed by atoms with van der Waals surface area (Å²) in [6, 6.07) is 4.89. The van der Waals surface area contributed by atoms with E-state index in [-0.39, 0.29) is 5.75 Å². The Morgan fingerprint density at radius 2 is 1.95 bits per heavy atom. The van der Waals surface area contributed by atoms with E-state index in [2.05, 4.69) is 5.32 Å². The van der Waals surface area contributed by atoms with E-state index in [0.717, 1.165) is 25.1 Å². The summed E-state index contributed by atoms with van der Waals surface area (Å²) >= 11 is 0. The van der Waals surface area contributed by atoms with E-state index in [1.165, 1.54) is 12.1 Å². The topological polar surface area (TPSA) is 30.5 Å². The molecule has 1 aromatic rings. The Labute approximate surface area is 117 Å². The maximum Gasteiger partial charge on any atom is 0.416 e. The van der Waals surface area contributed by atoms with Crippen molar-refractivity contribution < 1.29 is 22.6 Å². The summed E-state index contributed by atoms with van der Waals surface area (Å²) in [5.41, 5.74) is -0.695. The summed E-state index contributed by atoms with van der Waals surface area (Å²) < 4.78 is 47.9. The molecule has 0 radical (unpaired) electrons. The number of halogens is 3. The smallest absolute Gasteiger partial charge is 0.416 e. The highest BCUT2D eigenvalue weighted by Crippen LogP contribution is 2.31. The molecule has 0 spiro atoms. The Morgan fingerprint density at radius 3 is 2.65 bits per heavy atom. The van der Waals surface area contributed by atoms with Crippen LogP contribution >= 0.6 is 0 Å². The number of rotatable bonds is 9. The molecule has 0 aliphatic rings. The van der Waals surface area contributed by atoms with Gasteiger partial charge in [-0.25, -0.2) is 0 Å². The largest absolute Gasteiger partial charge is 0.492 e. The molecule has 0 aliphatic heterocycles. The van der Waals surface area contributed by atoms with Crippen LogP contribution in [0.2, 0.25) is 0 Å². The van der Waals surface area contributed by atoms with Crippen LogP contribution in [0.15, 0.2) is 24.3 Å². The van der Waals surface area contributed by atoms with Crippen LogP contribution in [0.25, 0.3) is 0 Å². The summed E-state index contributed by atoms with van der Waals surface area (Å²) in [6.45, 7) is 5.07. The quantitative estimate of drug-likeness (QED) is 0.709. The summed E-state index contributed by atoms with van der Waals surface area (Å²) in [5, 5.41) is 3.13. The number of benzene rings is 1. The molecule has 0 unspecified atom stereocenters. The van der Waals surface area contributed by atoms with Crippen molar-refractivity contribution in [2.75, 3.05) is 32.9 Å². The van der Waals surface area contributed by atoms with Gasteiger partial charge in [0.25, 0.3) is 0 Å². The molecule has 0 saturated carbocycles. The first kappa shape index (κ1) is 16.8. The van der Waals surface area contributed by atoms with E-state index < -0.39 is 11.7 Å². The number of hydrogen-bond donors (Lipinski definition) is 1. The van der Waals surface area contributed by atoms with Gasteiger partial charge in [-0.2, -0.15) is 13.2 Å². The molecule has 0 bridgehead atoms. The first-order chi connectivity index (χ1) is 9.54. The summed E-state index contributed by atoms with van der Waals surface area (Å²) in [5.74, 6) is 0.232. The average molecular weight is 291 g/mol. The maximum absolute atomic E-state index is 12.5. The number of alkyl halides is 3. The van der Waals surface area contributed by atoms with Crippen LogP contribution in [0.4, 0.5) is 13.2 Å². The van der Waals surface area contributed by atoms with Gasteiger partial charge in [-0.3, -0.25) is 0 Å². The van der Waals surface area contributed by atoms with Crippen LogP contribution in [-0.4, -0.2) is 32.9 Å². The molecule has 114 valence electrons. The fourth-order valence-corrected chi connectivity index (χ4v) is 1.57. The van der Waals surface area contributed by atoms with E-state index in [1.54, 1.807) is 0 Å². The van der Waals surface area contributed by atoms with Crippen molar-refractivity contribution in [3.8, 4) is 5.75 Å². The van der Waals surface area contributed by atoms with Gasteiger partial charge < -0.3 is 14.8 Å². The zero-order valence-electron chi connectivity index (χ0n) is 11.5. The van der Waals surface area contributed by atoms with Crippen molar-refractivity contribution in [2.45, 2.75) is 19.5 Å². The zero-order valence-corrected chi connectivity index (χ0v) is 11.5. The minimum Gasteiger partial charge on any atom is -0.492 e. The Kier molecular flexibility index (Phi) is 7.40. The Balaban J connectivity index is 2.19. The molecule has 0 aliphatic carbocycles. The first-order valence-electron chi connectivity index (χ1n) is 6.62. The Bertz CT molecular complexity index is 383. The third-order valence-electron chi connectivity index (χ3n) is 2.56. The van der Waals surface area contributed by atoms with Gasteiger partial charge in [-0.1, -0.05) is 6.07 Å². The lowest BCUT2D eigenvalue weighted by molar-refractivity contribution is -0.137. The molecule has 0 fully saturated rings. The van der Waals surface area contributed by atoms with Gasteiger partial charge in [0.15, 0.2) is 0 Å². The van der Waals surface area contributed by atoms with E-state index in [4.69, 9.17) is 9.47 Å². The van der Waals surface area contributed by atoms with Crippen molar-refractivity contribution in [2.24, 2.45) is 0 Å². The van der Waals surface area contributed by atoms with Crippen LogP contribution in [-0.2, 0) is 10.9 Å². The Hall–Kier alpha value is -1.27. The third-order valence-corrected chi connectivity index (χ3v) is 2.56. The van der Waals surface area contributed by atoms with Crippen molar-refractivity contribution in [3.63, 3.8) is 0 Å². The minimum atomic E-state index is -4.34. The van der Waals surface area contributed by atoms with Crippen molar-refractivity contribution in [1.82, 2.24) is 5.32 Å². The fourth-order valence-electron chi connectivity index (χ4n) is 1.57. The molecule has 6 heteroatoms. The molecule has 0 atom stereocenters. The highest BCUT2D eigenvalue weighted by Gasteiger charge is 2.30. The molecule has 0 amide bonds. The second kappa shape index (κ2) is 8.81. The highest BCUT2D eigenvalue weighted by molar-refractivity contribution is 5.30. The van der Waals surface area contributed by atoms with Gasteiger partial charge in [-0.05, 0) is 38.1 Å². The predicted molar refractivity (Wildman–Crippen MR) is 70.9 cm³/mol. The molecule has 1 aromatic carbocycles. The molecule has 0 heterocycles. The molecule has 20 heavy (non-hydrogen) atoms. The second-order valence-electron chi connectivity index (χ2n) is 4.17. The Morgan fingerprint density at radius 1 is 1.15 bits per heavy atom. The molecular weight excluding hydrogens is 271 g/mol. The number of nitrogens with one attached hydrogen (secondary N) is 1. The first-order valence-corrected chi connectivity index (χ1v) is 6.62. The van der Waals surface area contributed by atoms with Crippen LogP contribution in [0, 0.1) is 0 Å². The minimum absolute atomic E-state index is 0.232. The highest BCUT2D eigenvalue weighted by atomic mass is 19.4. The van der Waals surface area contributed by atoms with Crippen molar-refractivity contribution in [1.29, 1.82) is 0 Å². The fraction of sp³-hybridized carbons (Fsp3) is 0.571. The SMILES string of the molecule is CCOCCCNCCOc1cccc(C(F)(F)F)c1. The lowest BCUT2D eigenvalue weighted by Crippen LogP contribution is -2.23. The zero-order chi connectivity index (χ0) is 14.8. The molecule has 1 N–H and O–H groups in total. The summed E-state index contributed by atoms with van der Waals surface area (Å²) in [7, 11) is 0. The maximum atomic E-state index is 12.5. The monoisotopic (exact) mass is 291 g/mol. The van der Waals surface area contributed by atoms with E-state index in [1.807, 2.05) is 6.92 Å². The van der Waals surface area contributed by atoms with Crippen molar-refractivity contribution in [3.05, 3.63) is 29.8 Å². The van der Waals surface area contributed by atoms with E-state index >= 15 is 0 Å². The molecular formula is C14H20F3NO2. The van der Waals surface area contributed by atoms with Crippen LogP contribution in [0.5, 0.6) is 5.75 Å². The average Bonchev–Trinajstić information content (AvgIpc) is 2.41. The van der Waals surface area contributed by atoms with E-state index in [0.29, 0.717) is 26.4 Å². The second-order valence-corrected chi connectivity index (χ2v) is 4.17. The molecule has 3 nitrogen and oxygen atoms in total. The molecule has 1 rings (SSSR count).